The molecule has 1 unspecified atom stereocenters. The topological polar surface area (TPSA) is 84.9 Å². The molecule has 4 rings (SSSR count). The number of carboxylic acids is 1. The molecule has 2 N–H and O–H groups in total. The van der Waals surface area contributed by atoms with E-state index in [0.717, 1.165) is 22.3 Å². The van der Waals surface area contributed by atoms with E-state index in [0.29, 0.717) is 6.54 Å². The number of benzene rings is 2. The molecule has 0 spiro atoms. The van der Waals surface area contributed by atoms with Gasteiger partial charge in [0.2, 0.25) is 0 Å². The fraction of sp³-hybridized carbons (Fsp3) is 0.300. The molecule has 6 nitrogen and oxygen atoms in total. The summed E-state index contributed by atoms with van der Waals surface area (Å²) in [6.07, 6.45) is 0. The predicted molar refractivity (Wildman–Crippen MR) is 93.9 cm³/mol. The van der Waals surface area contributed by atoms with Crippen LogP contribution in [0.1, 0.15) is 17.0 Å². The summed E-state index contributed by atoms with van der Waals surface area (Å²) in [6.45, 7) is 0.631. The molecule has 0 radical (unpaired) electrons. The number of nitrogens with one attached hydrogen (secondary N) is 1. The third kappa shape index (κ3) is 2.58. The molecule has 0 saturated carbocycles. The van der Waals surface area contributed by atoms with Crippen molar-refractivity contribution in [3.63, 3.8) is 0 Å². The zero-order chi connectivity index (χ0) is 18.1. The van der Waals surface area contributed by atoms with Crippen LogP contribution in [0.3, 0.4) is 0 Å². The largest absolute Gasteiger partial charge is 0.479 e. The Morgan fingerprint density at radius 3 is 2.27 bits per heavy atom. The second-order valence-electron chi connectivity index (χ2n) is 6.48. The van der Waals surface area contributed by atoms with Crippen LogP contribution in [-0.2, 0) is 19.1 Å². The van der Waals surface area contributed by atoms with E-state index in [9.17, 15) is 14.7 Å². The standard InChI is InChI=1S/C20H19NO5/c22-18(23)20(12-21-9-10-26-20)19(24)25-11-17-15-7-3-1-5-13(15)14-6-2-4-8-16(14)17/h1-8,17,21H,9-12H2,(H,22,23). The minimum atomic E-state index is -1.98. The van der Waals surface area contributed by atoms with Crippen LogP contribution in [0.25, 0.3) is 11.1 Å². The molecule has 134 valence electrons. The van der Waals surface area contributed by atoms with Crippen LogP contribution in [-0.4, -0.2) is 48.9 Å². The number of carbonyl (C=O) groups is 2. The van der Waals surface area contributed by atoms with E-state index in [-0.39, 0.29) is 25.7 Å². The monoisotopic (exact) mass is 353 g/mol. The molecule has 1 fully saturated rings. The van der Waals surface area contributed by atoms with E-state index in [1.165, 1.54) is 0 Å². The summed E-state index contributed by atoms with van der Waals surface area (Å²) in [4.78, 5) is 24.2. The summed E-state index contributed by atoms with van der Waals surface area (Å²) >= 11 is 0. The van der Waals surface area contributed by atoms with E-state index in [1.807, 2.05) is 48.5 Å². The Bertz CT molecular complexity index is 811. The molecule has 1 aliphatic carbocycles. The summed E-state index contributed by atoms with van der Waals surface area (Å²) in [7, 11) is 0. The van der Waals surface area contributed by atoms with Gasteiger partial charge in [-0.15, -0.1) is 0 Å². The molecule has 1 heterocycles. The predicted octanol–water partition coefficient (Wildman–Crippen LogP) is 1.79. The summed E-state index contributed by atoms with van der Waals surface area (Å²) in [5.74, 6) is -2.31. The zero-order valence-corrected chi connectivity index (χ0v) is 14.1. The van der Waals surface area contributed by atoms with Gasteiger partial charge >= 0.3 is 11.9 Å². The molecular formula is C20H19NO5. The Morgan fingerprint density at radius 2 is 1.73 bits per heavy atom. The van der Waals surface area contributed by atoms with Gasteiger partial charge in [0.25, 0.3) is 5.60 Å². The van der Waals surface area contributed by atoms with E-state index >= 15 is 0 Å². The minimum Gasteiger partial charge on any atom is -0.479 e. The lowest BCUT2D eigenvalue weighted by Gasteiger charge is -2.31. The van der Waals surface area contributed by atoms with Crippen molar-refractivity contribution in [2.75, 3.05) is 26.3 Å². The lowest BCUT2D eigenvalue weighted by atomic mass is 9.97. The van der Waals surface area contributed by atoms with Gasteiger partial charge in [-0.25, -0.2) is 9.59 Å². The van der Waals surface area contributed by atoms with Crippen LogP contribution in [0.5, 0.6) is 0 Å². The lowest BCUT2D eigenvalue weighted by Crippen LogP contribution is -2.60. The van der Waals surface area contributed by atoms with E-state index in [4.69, 9.17) is 9.47 Å². The van der Waals surface area contributed by atoms with E-state index < -0.39 is 17.5 Å². The Balaban J connectivity index is 1.58. The highest BCUT2D eigenvalue weighted by Crippen LogP contribution is 2.44. The van der Waals surface area contributed by atoms with Crippen molar-refractivity contribution in [2.24, 2.45) is 0 Å². The van der Waals surface area contributed by atoms with Crippen molar-refractivity contribution in [3.8, 4) is 11.1 Å². The maximum atomic E-state index is 12.6. The Morgan fingerprint density at radius 1 is 1.12 bits per heavy atom. The molecule has 0 amide bonds. The highest BCUT2D eigenvalue weighted by molar-refractivity contribution is 6.03. The number of carboxylic acid groups (broad SMARTS) is 1. The third-order valence-corrected chi connectivity index (χ3v) is 5.02. The van der Waals surface area contributed by atoms with E-state index in [2.05, 4.69) is 5.32 Å². The first-order valence-corrected chi connectivity index (χ1v) is 8.57. The number of hydrogen-bond acceptors (Lipinski definition) is 5. The molecular weight excluding hydrogens is 334 g/mol. The number of fused-ring (bicyclic) bond motifs is 3. The highest BCUT2D eigenvalue weighted by Gasteiger charge is 2.51. The number of aliphatic carboxylic acids is 1. The first-order valence-electron chi connectivity index (χ1n) is 8.57. The van der Waals surface area contributed by atoms with Gasteiger partial charge in [-0.1, -0.05) is 48.5 Å². The van der Waals surface area contributed by atoms with E-state index in [1.54, 1.807) is 0 Å². The van der Waals surface area contributed by atoms with Gasteiger partial charge in [-0.05, 0) is 22.3 Å². The second-order valence-corrected chi connectivity index (χ2v) is 6.48. The molecule has 2 aromatic rings. The van der Waals surface area contributed by atoms with Gasteiger partial charge in [0.05, 0.1) is 6.61 Å². The fourth-order valence-corrected chi connectivity index (χ4v) is 3.68. The zero-order valence-electron chi connectivity index (χ0n) is 14.1. The molecule has 2 aromatic carbocycles. The second kappa shape index (κ2) is 6.55. The van der Waals surface area contributed by atoms with Crippen molar-refractivity contribution in [1.29, 1.82) is 0 Å². The molecule has 6 heteroatoms. The molecule has 0 bridgehead atoms. The van der Waals surface area contributed by atoms with Crippen molar-refractivity contribution >= 4 is 11.9 Å². The van der Waals surface area contributed by atoms with Gasteiger partial charge < -0.3 is 19.9 Å². The first-order chi connectivity index (χ1) is 12.6. The number of ether oxygens (including phenoxy) is 2. The molecule has 2 aliphatic rings. The average Bonchev–Trinajstić information content (AvgIpc) is 3.00. The van der Waals surface area contributed by atoms with Crippen molar-refractivity contribution < 1.29 is 24.2 Å². The number of esters is 1. The van der Waals surface area contributed by atoms with Gasteiger partial charge in [0.1, 0.15) is 6.61 Å². The van der Waals surface area contributed by atoms with Crippen molar-refractivity contribution in [2.45, 2.75) is 11.5 Å². The maximum Gasteiger partial charge on any atom is 0.351 e. The average molecular weight is 353 g/mol. The Labute approximate surface area is 150 Å². The molecule has 1 aliphatic heterocycles. The number of hydrogen-bond donors (Lipinski definition) is 2. The van der Waals surface area contributed by atoms with Crippen LogP contribution in [0.15, 0.2) is 48.5 Å². The third-order valence-electron chi connectivity index (χ3n) is 5.02. The molecule has 1 saturated heterocycles. The normalized spacial score (nSPS) is 21.7. The van der Waals surface area contributed by atoms with Crippen LogP contribution < -0.4 is 5.32 Å². The number of carbonyl (C=O) groups excluding carboxylic acids is 1. The lowest BCUT2D eigenvalue weighted by molar-refractivity contribution is -0.190. The summed E-state index contributed by atoms with van der Waals surface area (Å²) in [5.41, 5.74) is 2.41. The van der Waals surface area contributed by atoms with Gasteiger partial charge in [0, 0.05) is 19.0 Å². The van der Waals surface area contributed by atoms with Gasteiger partial charge in [-0.3, -0.25) is 0 Å². The van der Waals surface area contributed by atoms with Crippen molar-refractivity contribution in [3.05, 3.63) is 59.7 Å². The van der Waals surface area contributed by atoms with Crippen molar-refractivity contribution in [1.82, 2.24) is 5.32 Å². The van der Waals surface area contributed by atoms with Crippen LogP contribution in [0.4, 0.5) is 0 Å². The Kier molecular flexibility index (Phi) is 4.22. The maximum absolute atomic E-state index is 12.6. The quantitative estimate of drug-likeness (QED) is 0.644. The van der Waals surface area contributed by atoms with Crippen LogP contribution in [0.2, 0.25) is 0 Å². The summed E-state index contributed by atoms with van der Waals surface area (Å²) < 4.78 is 10.8. The number of morpholine rings is 1. The molecule has 26 heavy (non-hydrogen) atoms. The first kappa shape index (κ1) is 16.8. The van der Waals surface area contributed by atoms with Crippen LogP contribution in [0, 0.1) is 0 Å². The Hall–Kier alpha value is -2.70. The number of rotatable bonds is 4. The van der Waals surface area contributed by atoms with Gasteiger partial charge in [-0.2, -0.15) is 0 Å². The highest BCUT2D eigenvalue weighted by atomic mass is 16.6. The molecule has 1 atom stereocenters. The fourth-order valence-electron chi connectivity index (χ4n) is 3.68. The van der Waals surface area contributed by atoms with Gasteiger partial charge in [0.15, 0.2) is 0 Å². The van der Waals surface area contributed by atoms with Crippen LogP contribution >= 0.6 is 0 Å². The summed E-state index contributed by atoms with van der Waals surface area (Å²) in [5, 5.41) is 12.4. The SMILES string of the molecule is O=C(O)C1(C(=O)OCC2c3ccccc3-c3ccccc32)CNCCO1. The minimum absolute atomic E-state index is 0.0747. The smallest absolute Gasteiger partial charge is 0.351 e. The summed E-state index contributed by atoms with van der Waals surface area (Å²) in [6, 6.07) is 16.0. The molecule has 0 aromatic heterocycles.